The Hall–Kier alpha value is -1.46. The van der Waals surface area contributed by atoms with Gasteiger partial charge in [-0.15, -0.1) is 11.8 Å². The van der Waals surface area contributed by atoms with Crippen molar-refractivity contribution in [3.8, 4) is 0 Å². The zero-order valence-corrected chi connectivity index (χ0v) is 12.2. The highest BCUT2D eigenvalue weighted by atomic mass is 32.2. The second-order valence-corrected chi connectivity index (χ2v) is 5.44. The van der Waals surface area contributed by atoms with E-state index in [1.54, 1.807) is 30.7 Å². The summed E-state index contributed by atoms with van der Waals surface area (Å²) in [5.41, 5.74) is 0.893. The van der Waals surface area contributed by atoms with Gasteiger partial charge < -0.3 is 5.32 Å². The first-order chi connectivity index (χ1) is 9.81. The Morgan fingerprint density at radius 3 is 2.85 bits per heavy atom. The monoisotopic (exact) mass is 291 g/mol. The van der Waals surface area contributed by atoms with Gasteiger partial charge in [-0.3, -0.25) is 9.97 Å². The van der Waals surface area contributed by atoms with Gasteiger partial charge in [0.05, 0.1) is 11.7 Å². The van der Waals surface area contributed by atoms with Crippen molar-refractivity contribution in [2.75, 3.05) is 12.3 Å². The number of hydrogen-bond acceptors (Lipinski definition) is 4. The summed E-state index contributed by atoms with van der Waals surface area (Å²) in [4.78, 5) is 9.10. The van der Waals surface area contributed by atoms with E-state index >= 15 is 0 Å². The van der Waals surface area contributed by atoms with Gasteiger partial charge in [0.15, 0.2) is 0 Å². The summed E-state index contributed by atoms with van der Waals surface area (Å²) in [7, 11) is 0. The molecule has 5 heteroatoms. The number of hydrogen-bond donors (Lipinski definition) is 1. The second-order valence-electron chi connectivity index (χ2n) is 4.38. The summed E-state index contributed by atoms with van der Waals surface area (Å²) < 4.78 is 13.6. The normalized spacial score (nSPS) is 12.3. The van der Waals surface area contributed by atoms with Crippen LogP contribution >= 0.6 is 11.8 Å². The minimum Gasteiger partial charge on any atom is -0.308 e. The number of thioether (sulfide) groups is 1. The highest BCUT2D eigenvalue weighted by Gasteiger charge is 2.13. The van der Waals surface area contributed by atoms with Gasteiger partial charge in [0, 0.05) is 29.2 Å². The summed E-state index contributed by atoms with van der Waals surface area (Å²) >= 11 is 1.50. The Morgan fingerprint density at radius 2 is 2.15 bits per heavy atom. The molecule has 0 saturated carbocycles. The van der Waals surface area contributed by atoms with Crippen LogP contribution in [0.4, 0.5) is 4.39 Å². The Balaban J connectivity index is 2.03. The number of nitrogens with zero attached hydrogens (tertiary/aromatic N) is 2. The lowest BCUT2D eigenvalue weighted by Gasteiger charge is -2.17. The Morgan fingerprint density at radius 1 is 1.30 bits per heavy atom. The number of halogens is 1. The second kappa shape index (κ2) is 7.97. The first-order valence-corrected chi connectivity index (χ1v) is 7.66. The molecule has 1 unspecified atom stereocenters. The molecule has 0 aliphatic rings. The maximum atomic E-state index is 13.6. The molecule has 0 aliphatic heterocycles. The highest BCUT2D eigenvalue weighted by Crippen LogP contribution is 2.25. The van der Waals surface area contributed by atoms with Crippen LogP contribution in [0.5, 0.6) is 0 Å². The van der Waals surface area contributed by atoms with Gasteiger partial charge in [0.2, 0.25) is 0 Å². The third kappa shape index (κ3) is 4.28. The van der Waals surface area contributed by atoms with E-state index in [1.807, 2.05) is 6.07 Å². The van der Waals surface area contributed by atoms with Crippen molar-refractivity contribution in [3.05, 3.63) is 54.4 Å². The molecule has 1 atom stereocenters. The Bertz CT molecular complexity index is 522. The zero-order valence-electron chi connectivity index (χ0n) is 11.4. The maximum Gasteiger partial charge on any atom is 0.136 e. The molecule has 2 aromatic rings. The molecule has 0 amide bonds. The molecule has 2 rings (SSSR count). The number of rotatable bonds is 7. The average Bonchev–Trinajstić information content (AvgIpc) is 2.50. The molecule has 1 heterocycles. The van der Waals surface area contributed by atoms with Crippen molar-refractivity contribution in [1.29, 1.82) is 0 Å². The van der Waals surface area contributed by atoms with Crippen LogP contribution in [-0.4, -0.2) is 22.3 Å². The van der Waals surface area contributed by atoms with Crippen LogP contribution in [0.2, 0.25) is 0 Å². The summed E-state index contributed by atoms with van der Waals surface area (Å²) in [5.74, 6) is 0.547. The number of benzene rings is 1. The maximum absolute atomic E-state index is 13.6. The SMILES string of the molecule is CCCNC(CSc1ccccc1F)c1cnccn1. The van der Waals surface area contributed by atoms with E-state index < -0.39 is 0 Å². The van der Waals surface area contributed by atoms with Crippen molar-refractivity contribution in [2.24, 2.45) is 0 Å². The van der Waals surface area contributed by atoms with Crippen molar-refractivity contribution < 1.29 is 4.39 Å². The zero-order chi connectivity index (χ0) is 14.2. The van der Waals surface area contributed by atoms with Crippen LogP contribution in [0.15, 0.2) is 47.8 Å². The van der Waals surface area contributed by atoms with Crippen molar-refractivity contribution in [2.45, 2.75) is 24.3 Å². The van der Waals surface area contributed by atoms with Crippen molar-refractivity contribution in [3.63, 3.8) is 0 Å². The van der Waals surface area contributed by atoms with Gasteiger partial charge in [0.1, 0.15) is 5.82 Å². The van der Waals surface area contributed by atoms with Crippen molar-refractivity contribution in [1.82, 2.24) is 15.3 Å². The third-order valence-corrected chi connectivity index (χ3v) is 3.97. The molecule has 0 aliphatic carbocycles. The van der Waals surface area contributed by atoms with Gasteiger partial charge >= 0.3 is 0 Å². The molecule has 0 bridgehead atoms. The first kappa shape index (κ1) is 14.9. The standard InChI is InChI=1S/C15H18FN3S/c1-2-7-18-14(13-10-17-8-9-19-13)11-20-15-6-4-3-5-12(15)16/h3-6,8-10,14,18H,2,7,11H2,1H3. The highest BCUT2D eigenvalue weighted by molar-refractivity contribution is 7.99. The summed E-state index contributed by atoms with van der Waals surface area (Å²) in [6.07, 6.45) is 6.14. The minimum atomic E-state index is -0.175. The van der Waals surface area contributed by atoms with E-state index in [1.165, 1.54) is 17.8 Å². The lowest BCUT2D eigenvalue weighted by Crippen LogP contribution is -2.25. The lowest BCUT2D eigenvalue weighted by atomic mass is 10.2. The van der Waals surface area contributed by atoms with E-state index in [0.717, 1.165) is 24.4 Å². The molecule has 0 fully saturated rings. The van der Waals surface area contributed by atoms with Crippen LogP contribution in [0.25, 0.3) is 0 Å². The fourth-order valence-electron chi connectivity index (χ4n) is 1.79. The molecular formula is C15H18FN3S. The molecule has 0 spiro atoms. The van der Waals surface area contributed by atoms with Crippen LogP contribution in [0.1, 0.15) is 25.1 Å². The molecule has 0 radical (unpaired) electrons. The molecule has 1 N–H and O–H groups in total. The van der Waals surface area contributed by atoms with Gasteiger partial charge in [-0.2, -0.15) is 0 Å². The molecule has 0 saturated heterocycles. The minimum absolute atomic E-state index is 0.0771. The smallest absolute Gasteiger partial charge is 0.136 e. The van der Waals surface area contributed by atoms with Crippen LogP contribution in [0.3, 0.4) is 0 Å². The Labute approximate surface area is 123 Å². The molecule has 20 heavy (non-hydrogen) atoms. The van der Waals surface area contributed by atoms with Gasteiger partial charge in [-0.25, -0.2) is 4.39 Å². The van der Waals surface area contributed by atoms with E-state index in [2.05, 4.69) is 22.2 Å². The van der Waals surface area contributed by atoms with E-state index in [-0.39, 0.29) is 11.9 Å². The predicted molar refractivity (Wildman–Crippen MR) is 80.2 cm³/mol. The average molecular weight is 291 g/mol. The fraction of sp³-hybridized carbons (Fsp3) is 0.333. The van der Waals surface area contributed by atoms with Crippen LogP contribution in [-0.2, 0) is 0 Å². The molecule has 3 nitrogen and oxygen atoms in total. The van der Waals surface area contributed by atoms with E-state index in [9.17, 15) is 4.39 Å². The summed E-state index contributed by atoms with van der Waals surface area (Å²) in [6, 6.07) is 6.91. The lowest BCUT2D eigenvalue weighted by molar-refractivity contribution is 0.562. The quantitative estimate of drug-likeness (QED) is 0.793. The van der Waals surface area contributed by atoms with Crippen LogP contribution in [0, 0.1) is 5.82 Å². The van der Waals surface area contributed by atoms with Crippen molar-refractivity contribution >= 4 is 11.8 Å². The van der Waals surface area contributed by atoms with Gasteiger partial charge in [-0.1, -0.05) is 19.1 Å². The fourth-order valence-corrected chi connectivity index (χ4v) is 2.81. The largest absolute Gasteiger partial charge is 0.308 e. The molecule has 106 valence electrons. The predicted octanol–water partition coefficient (Wildman–Crippen LogP) is 3.45. The summed E-state index contributed by atoms with van der Waals surface area (Å²) in [5, 5.41) is 3.43. The molecular weight excluding hydrogens is 273 g/mol. The number of aromatic nitrogens is 2. The molecule has 1 aromatic heterocycles. The van der Waals surface area contributed by atoms with E-state index in [4.69, 9.17) is 0 Å². The Kier molecular flexibility index (Phi) is 5.95. The topological polar surface area (TPSA) is 37.8 Å². The van der Waals surface area contributed by atoms with Crippen LogP contribution < -0.4 is 5.32 Å². The van der Waals surface area contributed by atoms with E-state index in [0.29, 0.717) is 4.90 Å². The van der Waals surface area contributed by atoms with Gasteiger partial charge in [0.25, 0.3) is 0 Å². The number of nitrogens with one attached hydrogen (secondary N) is 1. The molecule has 1 aromatic carbocycles. The first-order valence-electron chi connectivity index (χ1n) is 6.68. The van der Waals surface area contributed by atoms with Gasteiger partial charge in [-0.05, 0) is 25.1 Å². The third-order valence-electron chi connectivity index (χ3n) is 2.82. The summed E-state index contributed by atoms with van der Waals surface area (Å²) in [6.45, 7) is 3.02.